The van der Waals surface area contributed by atoms with E-state index in [1.54, 1.807) is 28.7 Å². The molecule has 0 aliphatic heterocycles. The van der Waals surface area contributed by atoms with Crippen LogP contribution in [0.3, 0.4) is 0 Å². The zero-order valence-corrected chi connectivity index (χ0v) is 19.3. The minimum absolute atomic E-state index is 0.151. The molecule has 0 unspecified atom stereocenters. The van der Waals surface area contributed by atoms with Gasteiger partial charge in [-0.25, -0.2) is 4.40 Å². The number of aromatic nitrogens is 4. The van der Waals surface area contributed by atoms with Crippen molar-refractivity contribution in [3.8, 4) is 11.1 Å². The van der Waals surface area contributed by atoms with Gasteiger partial charge in [0.2, 0.25) is 5.28 Å². The summed E-state index contributed by atoms with van der Waals surface area (Å²) in [5.41, 5.74) is 2.10. The first-order chi connectivity index (χ1) is 16.8. The predicted molar refractivity (Wildman–Crippen MR) is 130 cm³/mol. The molecule has 2 heterocycles. The molecule has 2 aromatic heterocycles. The molecule has 5 nitrogen and oxygen atoms in total. The second-order valence-electron chi connectivity index (χ2n) is 8.82. The molecule has 0 amide bonds. The first kappa shape index (κ1) is 21.9. The molecule has 0 saturated heterocycles. The van der Waals surface area contributed by atoms with Crippen LogP contribution in [0.15, 0.2) is 72.8 Å². The van der Waals surface area contributed by atoms with Gasteiger partial charge in [-0.2, -0.15) is 18.2 Å². The van der Waals surface area contributed by atoms with Gasteiger partial charge in [-0.1, -0.05) is 48.5 Å². The van der Waals surface area contributed by atoms with E-state index in [1.165, 1.54) is 0 Å². The van der Waals surface area contributed by atoms with Crippen LogP contribution >= 0.6 is 11.6 Å². The van der Waals surface area contributed by atoms with Crippen molar-refractivity contribution in [2.75, 3.05) is 11.9 Å². The van der Waals surface area contributed by atoms with E-state index in [9.17, 15) is 13.2 Å². The van der Waals surface area contributed by atoms with Crippen molar-refractivity contribution in [1.29, 1.82) is 0 Å². The van der Waals surface area contributed by atoms with E-state index in [4.69, 9.17) is 16.6 Å². The number of halogens is 4. The maximum Gasteiger partial charge on any atom is 0.398 e. The van der Waals surface area contributed by atoms with E-state index in [2.05, 4.69) is 10.2 Å². The predicted octanol–water partition coefficient (Wildman–Crippen LogP) is 6.96. The van der Waals surface area contributed by atoms with Gasteiger partial charge >= 0.3 is 6.18 Å². The molecule has 1 saturated carbocycles. The van der Waals surface area contributed by atoms with Crippen LogP contribution in [-0.2, 0) is 5.41 Å². The lowest BCUT2D eigenvalue weighted by atomic mass is 9.93. The first-order valence-corrected chi connectivity index (χ1v) is 11.5. The summed E-state index contributed by atoms with van der Waals surface area (Å²) in [6, 6.07) is 22.3. The largest absolute Gasteiger partial charge is 0.398 e. The standard InChI is InChI=1S/C26H19ClF3N5/c1-34(22-20-7-2-3-8-21(20)35-23(27)32-33-24(35)31-22)19-6-4-5-17(15-19)16-9-11-18(12-10-16)25(13-14-25)26(28,29)30/h2-12,15H,13-14H2,1H3. The molecule has 35 heavy (non-hydrogen) atoms. The Balaban J connectivity index is 1.38. The Labute approximate surface area is 203 Å². The molecule has 0 spiro atoms. The molecule has 0 N–H and O–H groups in total. The van der Waals surface area contributed by atoms with E-state index < -0.39 is 11.6 Å². The number of hydrogen-bond acceptors (Lipinski definition) is 4. The molecule has 3 aromatic carbocycles. The maximum atomic E-state index is 13.5. The van der Waals surface area contributed by atoms with Crippen LogP contribution in [0.25, 0.3) is 27.8 Å². The van der Waals surface area contributed by atoms with Gasteiger partial charge in [0.15, 0.2) is 0 Å². The Morgan fingerprint density at radius 3 is 2.37 bits per heavy atom. The summed E-state index contributed by atoms with van der Waals surface area (Å²) in [7, 11) is 1.91. The SMILES string of the molecule is CN(c1cccc(-c2ccc(C3(C(F)(F)F)CC3)cc2)c1)c1nc2nnc(Cl)n2c2ccccc12. The third-order valence-corrected chi connectivity index (χ3v) is 7.06. The molecule has 1 fully saturated rings. The Kier molecular flexibility index (Phi) is 4.79. The van der Waals surface area contributed by atoms with Gasteiger partial charge in [-0.3, -0.25) is 0 Å². The molecule has 6 rings (SSSR count). The van der Waals surface area contributed by atoms with Gasteiger partial charge in [0.05, 0.1) is 10.9 Å². The Morgan fingerprint density at radius 1 is 0.914 bits per heavy atom. The molecule has 0 bridgehead atoms. The molecule has 0 radical (unpaired) electrons. The van der Waals surface area contributed by atoms with Crippen molar-refractivity contribution < 1.29 is 13.2 Å². The van der Waals surface area contributed by atoms with E-state index in [-0.39, 0.29) is 18.1 Å². The van der Waals surface area contributed by atoms with E-state index >= 15 is 0 Å². The zero-order chi connectivity index (χ0) is 24.4. The number of anilines is 2. The molecule has 5 aromatic rings. The average molecular weight is 494 g/mol. The fourth-order valence-electron chi connectivity index (χ4n) is 4.66. The lowest BCUT2D eigenvalue weighted by Gasteiger charge is -2.22. The number of fused-ring (bicyclic) bond motifs is 3. The number of nitrogens with zero attached hydrogens (tertiary/aromatic N) is 5. The number of para-hydroxylation sites is 1. The summed E-state index contributed by atoms with van der Waals surface area (Å²) < 4.78 is 42.2. The van der Waals surface area contributed by atoms with Crippen molar-refractivity contribution in [1.82, 2.24) is 19.6 Å². The minimum Gasteiger partial charge on any atom is -0.329 e. The van der Waals surface area contributed by atoms with Crippen LogP contribution in [0.4, 0.5) is 24.7 Å². The topological polar surface area (TPSA) is 46.3 Å². The van der Waals surface area contributed by atoms with E-state index in [0.717, 1.165) is 27.7 Å². The van der Waals surface area contributed by atoms with Gasteiger partial charge < -0.3 is 4.90 Å². The van der Waals surface area contributed by atoms with Crippen molar-refractivity contribution in [2.45, 2.75) is 24.4 Å². The third-order valence-electron chi connectivity index (χ3n) is 6.81. The minimum atomic E-state index is -4.22. The molecular weight excluding hydrogens is 475 g/mol. The monoisotopic (exact) mass is 493 g/mol. The van der Waals surface area contributed by atoms with Crippen LogP contribution in [0.2, 0.25) is 5.28 Å². The summed E-state index contributed by atoms with van der Waals surface area (Å²) in [4.78, 5) is 6.65. The Bertz CT molecular complexity index is 1570. The highest BCUT2D eigenvalue weighted by atomic mass is 35.5. The summed E-state index contributed by atoms with van der Waals surface area (Å²) >= 11 is 6.23. The Morgan fingerprint density at radius 2 is 1.66 bits per heavy atom. The van der Waals surface area contributed by atoms with Crippen LogP contribution in [-0.4, -0.2) is 32.8 Å². The highest BCUT2D eigenvalue weighted by Crippen LogP contribution is 2.59. The van der Waals surface area contributed by atoms with E-state index in [0.29, 0.717) is 17.2 Å². The highest BCUT2D eigenvalue weighted by molar-refractivity contribution is 6.29. The number of hydrogen-bond donors (Lipinski definition) is 0. The van der Waals surface area contributed by atoms with Gasteiger partial charge in [0.1, 0.15) is 5.82 Å². The fraction of sp³-hybridized carbons (Fsp3) is 0.192. The lowest BCUT2D eigenvalue weighted by Crippen LogP contribution is -2.28. The van der Waals surface area contributed by atoms with Crippen molar-refractivity contribution in [3.63, 3.8) is 0 Å². The molecular formula is C26H19ClF3N5. The normalized spacial score (nSPS) is 15.0. The smallest absolute Gasteiger partial charge is 0.329 e. The highest BCUT2D eigenvalue weighted by Gasteiger charge is 2.64. The van der Waals surface area contributed by atoms with Crippen LogP contribution < -0.4 is 4.90 Å². The molecule has 176 valence electrons. The van der Waals surface area contributed by atoms with Crippen molar-refractivity contribution in [2.24, 2.45) is 0 Å². The zero-order valence-electron chi connectivity index (χ0n) is 18.6. The molecule has 1 aliphatic carbocycles. The van der Waals surface area contributed by atoms with Crippen LogP contribution in [0.5, 0.6) is 0 Å². The maximum absolute atomic E-state index is 13.5. The van der Waals surface area contributed by atoms with Gasteiger partial charge in [-0.15, -0.1) is 10.2 Å². The van der Waals surface area contributed by atoms with Crippen LogP contribution in [0.1, 0.15) is 18.4 Å². The van der Waals surface area contributed by atoms with Gasteiger partial charge in [-0.05, 0) is 65.4 Å². The van der Waals surface area contributed by atoms with Crippen molar-refractivity contribution in [3.05, 3.63) is 83.6 Å². The number of rotatable bonds is 4. The molecule has 0 atom stereocenters. The summed E-state index contributed by atoms with van der Waals surface area (Å²) in [5, 5.41) is 9.14. The molecule has 1 aliphatic rings. The summed E-state index contributed by atoms with van der Waals surface area (Å²) in [6.45, 7) is 0. The summed E-state index contributed by atoms with van der Waals surface area (Å²) in [6.07, 6.45) is -3.92. The quantitative estimate of drug-likeness (QED) is 0.271. The lowest BCUT2D eigenvalue weighted by molar-refractivity contribution is -0.160. The second kappa shape index (κ2) is 7.68. The molecule has 9 heteroatoms. The van der Waals surface area contributed by atoms with Crippen molar-refractivity contribution >= 4 is 39.8 Å². The third kappa shape index (κ3) is 3.43. The van der Waals surface area contributed by atoms with Gasteiger partial charge in [0.25, 0.3) is 5.78 Å². The fourth-order valence-corrected chi connectivity index (χ4v) is 4.87. The van der Waals surface area contributed by atoms with Crippen LogP contribution in [0, 0.1) is 0 Å². The number of alkyl halides is 3. The van der Waals surface area contributed by atoms with E-state index in [1.807, 2.05) is 60.5 Å². The summed E-state index contributed by atoms with van der Waals surface area (Å²) in [5.74, 6) is 1.08. The first-order valence-electron chi connectivity index (χ1n) is 11.1. The average Bonchev–Trinajstić information content (AvgIpc) is 3.61. The second-order valence-corrected chi connectivity index (χ2v) is 9.16. The number of benzene rings is 3. The Hall–Kier alpha value is -3.65. The van der Waals surface area contributed by atoms with Gasteiger partial charge in [0, 0.05) is 18.1 Å².